The summed E-state index contributed by atoms with van der Waals surface area (Å²) in [6.45, 7) is 4.14. The van der Waals surface area contributed by atoms with Crippen LogP contribution in [0.5, 0.6) is 11.5 Å². The Bertz CT molecular complexity index is 843. The van der Waals surface area contributed by atoms with Gasteiger partial charge in [0.05, 0.1) is 0 Å². The quantitative estimate of drug-likeness (QED) is 0.779. The monoisotopic (exact) mass is 368 g/mol. The Morgan fingerprint density at radius 1 is 1.00 bits per heavy atom. The summed E-state index contributed by atoms with van der Waals surface area (Å²) < 4.78 is 23.7. The molecule has 0 aromatic heterocycles. The van der Waals surface area contributed by atoms with Crippen LogP contribution in [0, 0.1) is 5.82 Å². The highest BCUT2D eigenvalue weighted by atomic mass is 19.1. The lowest BCUT2D eigenvalue weighted by molar-refractivity contribution is -0.127. The van der Waals surface area contributed by atoms with Crippen LogP contribution in [0.4, 0.5) is 4.39 Å². The molecule has 2 heterocycles. The number of amides is 1. The van der Waals surface area contributed by atoms with E-state index in [1.165, 1.54) is 17.7 Å². The predicted octanol–water partition coefficient (Wildman–Crippen LogP) is 2.91. The number of ether oxygens (including phenoxy) is 2. The van der Waals surface area contributed by atoms with Crippen LogP contribution in [0.3, 0.4) is 0 Å². The van der Waals surface area contributed by atoms with Crippen LogP contribution >= 0.6 is 0 Å². The molecule has 2 aromatic carbocycles. The van der Waals surface area contributed by atoms with Crippen molar-refractivity contribution in [1.29, 1.82) is 0 Å². The zero-order chi connectivity index (χ0) is 18.6. The van der Waals surface area contributed by atoms with E-state index < -0.39 is 0 Å². The van der Waals surface area contributed by atoms with Crippen LogP contribution < -0.4 is 9.47 Å². The molecule has 1 saturated heterocycles. The van der Waals surface area contributed by atoms with Gasteiger partial charge in [-0.3, -0.25) is 9.69 Å². The number of nitrogens with zero attached hydrogens (tertiary/aromatic N) is 2. The molecule has 0 bridgehead atoms. The highest BCUT2D eigenvalue weighted by Crippen LogP contribution is 2.32. The van der Waals surface area contributed by atoms with Crippen molar-refractivity contribution in [3.05, 3.63) is 65.5 Å². The molecule has 1 fully saturated rings. The minimum Gasteiger partial charge on any atom is -0.454 e. The Morgan fingerprint density at radius 2 is 1.74 bits per heavy atom. The summed E-state index contributed by atoms with van der Waals surface area (Å²) in [4.78, 5) is 16.5. The van der Waals surface area contributed by atoms with Crippen LogP contribution in [-0.2, 0) is 11.3 Å². The zero-order valence-corrected chi connectivity index (χ0v) is 14.9. The molecule has 5 nitrogen and oxygen atoms in total. The maximum absolute atomic E-state index is 12.9. The van der Waals surface area contributed by atoms with E-state index in [-0.39, 0.29) is 18.5 Å². The summed E-state index contributed by atoms with van der Waals surface area (Å²) >= 11 is 0. The number of rotatable bonds is 4. The Morgan fingerprint density at radius 3 is 2.52 bits per heavy atom. The lowest BCUT2D eigenvalue weighted by atomic mass is 10.1. The predicted molar refractivity (Wildman–Crippen MR) is 99.9 cm³/mol. The van der Waals surface area contributed by atoms with Gasteiger partial charge in [0.15, 0.2) is 11.5 Å². The molecule has 0 saturated carbocycles. The minimum absolute atomic E-state index is 0.0120. The van der Waals surface area contributed by atoms with E-state index in [0.29, 0.717) is 13.1 Å². The molecule has 140 valence electrons. The molecule has 6 heteroatoms. The first-order chi connectivity index (χ1) is 13.2. The van der Waals surface area contributed by atoms with Crippen molar-refractivity contribution in [2.75, 3.05) is 33.0 Å². The van der Waals surface area contributed by atoms with Gasteiger partial charge in [-0.1, -0.05) is 18.2 Å². The number of halogens is 1. The van der Waals surface area contributed by atoms with E-state index in [1.54, 1.807) is 24.3 Å². The standard InChI is InChI=1S/C21H21FN2O3/c22-18-5-1-16(2-6-18)4-8-21(25)24-11-9-23(10-12-24)14-17-3-7-19-20(13-17)27-15-26-19/h1-8,13H,9-12,14-15H2/b8-4+. The van der Waals surface area contributed by atoms with E-state index in [0.717, 1.165) is 36.7 Å². The number of carbonyl (C=O) groups is 1. The normalized spacial score (nSPS) is 16.9. The van der Waals surface area contributed by atoms with Crippen LogP contribution in [-0.4, -0.2) is 48.7 Å². The van der Waals surface area contributed by atoms with Gasteiger partial charge in [-0.05, 0) is 41.5 Å². The van der Waals surface area contributed by atoms with Crippen molar-refractivity contribution >= 4 is 12.0 Å². The summed E-state index contributed by atoms with van der Waals surface area (Å²) in [6, 6.07) is 12.1. The maximum atomic E-state index is 12.9. The van der Waals surface area contributed by atoms with E-state index in [4.69, 9.17) is 9.47 Å². The molecular weight excluding hydrogens is 347 g/mol. The highest BCUT2D eigenvalue weighted by Gasteiger charge is 2.20. The van der Waals surface area contributed by atoms with E-state index >= 15 is 0 Å². The average molecular weight is 368 g/mol. The first-order valence-corrected chi connectivity index (χ1v) is 9.01. The lowest BCUT2D eigenvalue weighted by Gasteiger charge is -2.34. The number of hydrogen-bond donors (Lipinski definition) is 0. The topological polar surface area (TPSA) is 42.0 Å². The van der Waals surface area contributed by atoms with Crippen LogP contribution in [0.25, 0.3) is 6.08 Å². The summed E-state index contributed by atoms with van der Waals surface area (Å²) in [7, 11) is 0. The molecule has 0 atom stereocenters. The molecule has 1 amide bonds. The molecule has 4 rings (SSSR count). The SMILES string of the molecule is O=C(/C=C/c1ccc(F)cc1)N1CCN(Cc2ccc3c(c2)OCO3)CC1. The molecule has 2 aliphatic heterocycles. The summed E-state index contributed by atoms with van der Waals surface area (Å²) in [5.41, 5.74) is 1.99. The molecule has 27 heavy (non-hydrogen) atoms. The third-order valence-corrected chi connectivity index (χ3v) is 4.82. The van der Waals surface area contributed by atoms with E-state index in [1.807, 2.05) is 17.0 Å². The first kappa shape index (κ1) is 17.5. The number of benzene rings is 2. The Hall–Kier alpha value is -2.86. The van der Waals surface area contributed by atoms with Crippen molar-refractivity contribution in [1.82, 2.24) is 9.80 Å². The minimum atomic E-state index is -0.281. The second kappa shape index (κ2) is 7.80. The second-order valence-electron chi connectivity index (χ2n) is 6.67. The molecule has 0 aliphatic carbocycles. The zero-order valence-electron chi connectivity index (χ0n) is 14.9. The van der Waals surface area contributed by atoms with Crippen molar-refractivity contribution in [3.63, 3.8) is 0 Å². The summed E-state index contributed by atoms with van der Waals surface area (Å²) in [6.07, 6.45) is 3.28. The van der Waals surface area contributed by atoms with Crippen LogP contribution in [0.15, 0.2) is 48.5 Å². The molecule has 2 aromatic rings. The fourth-order valence-electron chi connectivity index (χ4n) is 3.27. The molecule has 0 unspecified atom stereocenters. The molecule has 0 N–H and O–H groups in total. The largest absolute Gasteiger partial charge is 0.454 e. The fraction of sp³-hybridized carbons (Fsp3) is 0.286. The molecule has 2 aliphatic rings. The molecule has 0 radical (unpaired) electrons. The molecular formula is C21H21FN2O3. The fourth-order valence-corrected chi connectivity index (χ4v) is 3.27. The Kier molecular flexibility index (Phi) is 5.07. The third kappa shape index (κ3) is 4.28. The number of fused-ring (bicyclic) bond motifs is 1. The van der Waals surface area contributed by atoms with Gasteiger partial charge in [0, 0.05) is 38.8 Å². The molecule has 0 spiro atoms. The van der Waals surface area contributed by atoms with Gasteiger partial charge in [0.25, 0.3) is 0 Å². The summed E-state index contributed by atoms with van der Waals surface area (Å²) in [5, 5.41) is 0. The van der Waals surface area contributed by atoms with E-state index in [9.17, 15) is 9.18 Å². The van der Waals surface area contributed by atoms with Crippen molar-refractivity contribution < 1.29 is 18.7 Å². The number of carbonyl (C=O) groups excluding carboxylic acids is 1. The highest BCUT2D eigenvalue weighted by molar-refractivity contribution is 5.91. The van der Waals surface area contributed by atoms with Gasteiger partial charge >= 0.3 is 0 Å². The lowest BCUT2D eigenvalue weighted by Crippen LogP contribution is -2.47. The van der Waals surface area contributed by atoms with Gasteiger partial charge < -0.3 is 14.4 Å². The smallest absolute Gasteiger partial charge is 0.246 e. The third-order valence-electron chi connectivity index (χ3n) is 4.82. The van der Waals surface area contributed by atoms with Crippen LogP contribution in [0.2, 0.25) is 0 Å². The summed E-state index contributed by atoms with van der Waals surface area (Å²) in [5.74, 6) is 1.30. The van der Waals surface area contributed by atoms with E-state index in [2.05, 4.69) is 11.0 Å². The van der Waals surface area contributed by atoms with Gasteiger partial charge in [-0.2, -0.15) is 0 Å². The van der Waals surface area contributed by atoms with Gasteiger partial charge in [0.1, 0.15) is 5.82 Å². The van der Waals surface area contributed by atoms with Crippen molar-refractivity contribution in [2.45, 2.75) is 6.54 Å². The maximum Gasteiger partial charge on any atom is 0.246 e. The number of hydrogen-bond acceptors (Lipinski definition) is 4. The number of piperazine rings is 1. The second-order valence-corrected chi connectivity index (χ2v) is 6.67. The van der Waals surface area contributed by atoms with Crippen molar-refractivity contribution in [3.8, 4) is 11.5 Å². The first-order valence-electron chi connectivity index (χ1n) is 9.01. The van der Waals surface area contributed by atoms with Crippen molar-refractivity contribution in [2.24, 2.45) is 0 Å². The average Bonchev–Trinajstić information content (AvgIpc) is 3.16. The Balaban J connectivity index is 1.28. The van der Waals surface area contributed by atoms with Gasteiger partial charge in [-0.15, -0.1) is 0 Å². The van der Waals surface area contributed by atoms with Crippen LogP contribution in [0.1, 0.15) is 11.1 Å². The van der Waals surface area contributed by atoms with Gasteiger partial charge in [-0.25, -0.2) is 4.39 Å². The Labute approximate surface area is 157 Å². The van der Waals surface area contributed by atoms with Gasteiger partial charge in [0.2, 0.25) is 12.7 Å².